The van der Waals surface area contributed by atoms with Gasteiger partial charge in [0.1, 0.15) is 5.82 Å². The predicted molar refractivity (Wildman–Crippen MR) is 48.4 cm³/mol. The molecule has 1 atom stereocenters. The van der Waals surface area contributed by atoms with Crippen molar-refractivity contribution in [2.75, 3.05) is 0 Å². The van der Waals surface area contributed by atoms with Crippen molar-refractivity contribution in [1.29, 1.82) is 0 Å². The number of halogens is 4. The van der Waals surface area contributed by atoms with Crippen molar-refractivity contribution in [3.63, 3.8) is 0 Å². The molecule has 0 aliphatic carbocycles. The van der Waals surface area contributed by atoms with Gasteiger partial charge in [0.25, 0.3) is 0 Å². The molecule has 1 aromatic carbocycles. The summed E-state index contributed by atoms with van der Waals surface area (Å²) in [7, 11) is 0. The van der Waals surface area contributed by atoms with Gasteiger partial charge in [0.2, 0.25) is 0 Å². The summed E-state index contributed by atoms with van der Waals surface area (Å²) in [6.07, 6.45) is 0. The van der Waals surface area contributed by atoms with E-state index >= 15 is 0 Å². The molecule has 0 amide bonds. The molecule has 0 saturated carbocycles. The predicted octanol–water partition coefficient (Wildman–Crippen LogP) is 3.87. The number of aryl methyl sites for hydroxylation is 1. The van der Waals surface area contributed by atoms with Crippen LogP contribution in [0, 0.1) is 24.4 Å². The largest absolute Gasteiger partial charge is 0.206 e. The Morgan fingerprint density at radius 1 is 1.23 bits per heavy atom. The first kappa shape index (κ1) is 10.6. The van der Waals surface area contributed by atoms with E-state index < -0.39 is 22.3 Å². The van der Waals surface area contributed by atoms with Crippen molar-refractivity contribution in [3.05, 3.63) is 34.6 Å². The molecule has 13 heavy (non-hydrogen) atoms. The van der Waals surface area contributed by atoms with E-state index in [0.29, 0.717) is 0 Å². The summed E-state index contributed by atoms with van der Waals surface area (Å²) in [5.41, 5.74) is -0.141. The van der Waals surface area contributed by atoms with Gasteiger partial charge in [-0.25, -0.2) is 13.2 Å². The van der Waals surface area contributed by atoms with E-state index in [0.717, 1.165) is 6.07 Å². The van der Waals surface area contributed by atoms with Gasteiger partial charge in [-0.1, -0.05) is 15.9 Å². The standard InChI is InChI=1S/C9H8BrF3/c1-4-3-6(11)9(13)7(5(2)10)8(4)12/h3,5H,1-2H3. The Balaban J connectivity index is 3.46. The third kappa shape index (κ3) is 1.88. The molecule has 0 heterocycles. The average Bonchev–Trinajstić information content (AvgIpc) is 2.01. The fraction of sp³-hybridized carbons (Fsp3) is 0.333. The number of alkyl halides is 1. The summed E-state index contributed by atoms with van der Waals surface area (Å²) >= 11 is 3.01. The van der Waals surface area contributed by atoms with Gasteiger partial charge in [0, 0.05) is 10.4 Å². The van der Waals surface area contributed by atoms with E-state index in [-0.39, 0.29) is 11.1 Å². The molecule has 0 fully saturated rings. The molecule has 0 N–H and O–H groups in total. The third-order valence-electron chi connectivity index (χ3n) is 1.77. The first-order valence-corrected chi connectivity index (χ1v) is 4.64. The van der Waals surface area contributed by atoms with Gasteiger partial charge >= 0.3 is 0 Å². The molecule has 1 rings (SSSR count). The van der Waals surface area contributed by atoms with Gasteiger partial charge < -0.3 is 0 Å². The van der Waals surface area contributed by atoms with Crippen LogP contribution in [0.15, 0.2) is 6.07 Å². The molecule has 0 saturated heterocycles. The van der Waals surface area contributed by atoms with Crippen LogP contribution in [-0.4, -0.2) is 0 Å². The van der Waals surface area contributed by atoms with E-state index in [9.17, 15) is 13.2 Å². The topological polar surface area (TPSA) is 0 Å². The van der Waals surface area contributed by atoms with E-state index in [1.807, 2.05) is 0 Å². The normalized spacial score (nSPS) is 13.1. The molecule has 1 aromatic rings. The molecule has 0 spiro atoms. The van der Waals surface area contributed by atoms with Crippen molar-refractivity contribution >= 4 is 15.9 Å². The second-order valence-electron chi connectivity index (χ2n) is 2.83. The number of hydrogen-bond acceptors (Lipinski definition) is 0. The van der Waals surface area contributed by atoms with E-state index in [1.54, 1.807) is 6.92 Å². The fourth-order valence-electron chi connectivity index (χ4n) is 1.10. The zero-order chi connectivity index (χ0) is 10.2. The molecule has 1 unspecified atom stereocenters. The number of hydrogen-bond donors (Lipinski definition) is 0. The lowest BCUT2D eigenvalue weighted by atomic mass is 10.1. The van der Waals surface area contributed by atoms with Crippen LogP contribution >= 0.6 is 15.9 Å². The lowest BCUT2D eigenvalue weighted by Gasteiger charge is -2.09. The molecular formula is C9H8BrF3. The minimum atomic E-state index is -1.12. The van der Waals surface area contributed by atoms with E-state index in [4.69, 9.17) is 0 Å². The van der Waals surface area contributed by atoms with E-state index in [2.05, 4.69) is 15.9 Å². The van der Waals surface area contributed by atoms with Crippen LogP contribution in [0.2, 0.25) is 0 Å². The second kappa shape index (κ2) is 3.70. The molecule has 0 aromatic heterocycles. The first-order chi connectivity index (χ1) is 5.95. The van der Waals surface area contributed by atoms with Crippen LogP contribution in [0.5, 0.6) is 0 Å². The van der Waals surface area contributed by atoms with Gasteiger partial charge in [-0.3, -0.25) is 0 Å². The van der Waals surface area contributed by atoms with Crippen LogP contribution in [0.4, 0.5) is 13.2 Å². The molecule has 0 aliphatic rings. The Hall–Kier alpha value is -0.510. The average molecular weight is 253 g/mol. The van der Waals surface area contributed by atoms with Gasteiger partial charge in [0.15, 0.2) is 11.6 Å². The molecule has 0 bridgehead atoms. The van der Waals surface area contributed by atoms with Crippen LogP contribution in [0.3, 0.4) is 0 Å². The summed E-state index contributed by atoms with van der Waals surface area (Å²) < 4.78 is 39.1. The van der Waals surface area contributed by atoms with Crippen LogP contribution in [0.1, 0.15) is 22.9 Å². The smallest absolute Gasteiger partial charge is 0.166 e. The summed E-state index contributed by atoms with van der Waals surface area (Å²) in [5, 5.41) is 0. The molecule has 0 nitrogen and oxygen atoms in total. The van der Waals surface area contributed by atoms with Crippen LogP contribution < -0.4 is 0 Å². The molecule has 0 radical (unpaired) electrons. The lowest BCUT2D eigenvalue weighted by Crippen LogP contribution is -2.01. The Morgan fingerprint density at radius 3 is 2.23 bits per heavy atom. The lowest BCUT2D eigenvalue weighted by molar-refractivity contribution is 0.478. The van der Waals surface area contributed by atoms with Crippen molar-refractivity contribution < 1.29 is 13.2 Å². The third-order valence-corrected chi connectivity index (χ3v) is 2.23. The van der Waals surface area contributed by atoms with Crippen molar-refractivity contribution in [2.45, 2.75) is 18.7 Å². The Kier molecular flexibility index (Phi) is 3.01. The summed E-state index contributed by atoms with van der Waals surface area (Å²) in [5.74, 6) is -2.82. The van der Waals surface area contributed by atoms with Gasteiger partial charge in [-0.15, -0.1) is 0 Å². The highest BCUT2D eigenvalue weighted by atomic mass is 79.9. The van der Waals surface area contributed by atoms with E-state index in [1.165, 1.54) is 6.92 Å². The monoisotopic (exact) mass is 252 g/mol. The molecule has 72 valence electrons. The van der Waals surface area contributed by atoms with Crippen molar-refractivity contribution in [1.82, 2.24) is 0 Å². The second-order valence-corrected chi connectivity index (χ2v) is 4.21. The maximum Gasteiger partial charge on any atom is 0.166 e. The first-order valence-electron chi connectivity index (χ1n) is 3.73. The number of benzene rings is 1. The maximum atomic E-state index is 13.3. The minimum Gasteiger partial charge on any atom is -0.206 e. The van der Waals surface area contributed by atoms with Crippen molar-refractivity contribution in [2.24, 2.45) is 0 Å². The van der Waals surface area contributed by atoms with Crippen LogP contribution in [0.25, 0.3) is 0 Å². The molecular weight excluding hydrogens is 245 g/mol. The zero-order valence-electron chi connectivity index (χ0n) is 7.17. The summed E-state index contributed by atoms with van der Waals surface area (Å²) in [6, 6.07) is 0.851. The Bertz CT molecular complexity index is 308. The van der Waals surface area contributed by atoms with Gasteiger partial charge in [-0.2, -0.15) is 0 Å². The Morgan fingerprint density at radius 2 is 1.77 bits per heavy atom. The number of rotatable bonds is 1. The fourth-order valence-corrected chi connectivity index (χ4v) is 1.51. The van der Waals surface area contributed by atoms with Gasteiger partial charge in [-0.05, 0) is 25.5 Å². The highest BCUT2D eigenvalue weighted by molar-refractivity contribution is 9.09. The molecule has 0 aliphatic heterocycles. The maximum absolute atomic E-state index is 13.3. The Labute approximate surface area is 82.9 Å². The quantitative estimate of drug-likeness (QED) is 0.526. The summed E-state index contributed by atoms with van der Waals surface area (Å²) in [6.45, 7) is 2.94. The SMILES string of the molecule is Cc1cc(F)c(F)c(C(C)Br)c1F. The summed E-state index contributed by atoms with van der Waals surface area (Å²) in [4.78, 5) is -0.540. The zero-order valence-corrected chi connectivity index (χ0v) is 8.75. The molecule has 4 heteroatoms. The van der Waals surface area contributed by atoms with Gasteiger partial charge in [0.05, 0.1) is 0 Å². The highest BCUT2D eigenvalue weighted by Crippen LogP contribution is 2.30. The highest BCUT2D eigenvalue weighted by Gasteiger charge is 2.19. The van der Waals surface area contributed by atoms with Crippen molar-refractivity contribution in [3.8, 4) is 0 Å². The van der Waals surface area contributed by atoms with Crippen LogP contribution in [-0.2, 0) is 0 Å². The minimum absolute atomic E-state index is 0.111.